The van der Waals surface area contributed by atoms with Crippen LogP contribution in [0.5, 0.6) is 11.5 Å². The van der Waals surface area contributed by atoms with Crippen molar-refractivity contribution in [2.75, 3.05) is 25.9 Å². The Balaban J connectivity index is 2.03. The minimum absolute atomic E-state index is 0.252. The van der Waals surface area contributed by atoms with Crippen molar-refractivity contribution < 1.29 is 9.47 Å². The van der Waals surface area contributed by atoms with Crippen LogP contribution in [0.3, 0.4) is 0 Å². The first kappa shape index (κ1) is 11.1. The first-order valence-electron chi connectivity index (χ1n) is 5.60. The zero-order valence-corrected chi connectivity index (χ0v) is 9.53. The highest BCUT2D eigenvalue weighted by molar-refractivity contribution is 5.55. The Morgan fingerprint density at radius 1 is 1.44 bits per heavy atom. The van der Waals surface area contributed by atoms with E-state index in [2.05, 4.69) is 5.32 Å². The molecule has 2 rings (SSSR count). The van der Waals surface area contributed by atoms with Crippen LogP contribution >= 0.6 is 0 Å². The van der Waals surface area contributed by atoms with Crippen LogP contribution in [-0.2, 0) is 0 Å². The topological polar surface area (TPSA) is 56.5 Å². The summed E-state index contributed by atoms with van der Waals surface area (Å²) in [6.07, 6.45) is 2.51. The molecule has 1 heterocycles. The molecule has 0 amide bonds. The molecule has 1 aromatic carbocycles. The van der Waals surface area contributed by atoms with E-state index >= 15 is 0 Å². The van der Waals surface area contributed by atoms with Crippen molar-refractivity contribution >= 4 is 5.69 Å². The van der Waals surface area contributed by atoms with Gasteiger partial charge >= 0.3 is 0 Å². The summed E-state index contributed by atoms with van der Waals surface area (Å²) in [6.45, 7) is 2.00. The maximum Gasteiger partial charge on any atom is 0.145 e. The smallest absolute Gasteiger partial charge is 0.145 e. The summed E-state index contributed by atoms with van der Waals surface area (Å²) >= 11 is 0. The molecule has 16 heavy (non-hydrogen) atoms. The SMILES string of the molecule is COc1cc(OC2CCCNC2)ccc1N. The van der Waals surface area contributed by atoms with Gasteiger partial charge in [0.05, 0.1) is 12.8 Å². The van der Waals surface area contributed by atoms with Crippen LogP contribution < -0.4 is 20.5 Å². The second-order valence-electron chi connectivity index (χ2n) is 3.99. The summed E-state index contributed by atoms with van der Waals surface area (Å²) in [5.41, 5.74) is 6.38. The van der Waals surface area contributed by atoms with E-state index in [1.54, 1.807) is 7.11 Å². The van der Waals surface area contributed by atoms with Gasteiger partial charge in [-0.15, -0.1) is 0 Å². The standard InChI is InChI=1S/C12H18N2O2/c1-15-12-7-9(4-5-11(12)13)16-10-3-2-6-14-8-10/h4-5,7,10,14H,2-3,6,8,13H2,1H3. The molecule has 3 N–H and O–H groups in total. The normalized spacial score (nSPS) is 20.4. The third-order valence-corrected chi connectivity index (χ3v) is 2.76. The van der Waals surface area contributed by atoms with Gasteiger partial charge in [-0.05, 0) is 31.5 Å². The third-order valence-electron chi connectivity index (χ3n) is 2.76. The number of nitrogen functional groups attached to an aromatic ring is 1. The molecule has 0 saturated carbocycles. The van der Waals surface area contributed by atoms with E-state index in [4.69, 9.17) is 15.2 Å². The lowest BCUT2D eigenvalue weighted by atomic mass is 10.1. The van der Waals surface area contributed by atoms with Crippen LogP contribution in [0.25, 0.3) is 0 Å². The average Bonchev–Trinajstić information content (AvgIpc) is 2.33. The number of ether oxygens (including phenoxy) is 2. The van der Waals surface area contributed by atoms with E-state index in [-0.39, 0.29) is 6.10 Å². The van der Waals surface area contributed by atoms with Crippen molar-refractivity contribution in [3.05, 3.63) is 18.2 Å². The molecule has 1 saturated heterocycles. The molecule has 1 aliphatic heterocycles. The lowest BCUT2D eigenvalue weighted by Crippen LogP contribution is -2.37. The van der Waals surface area contributed by atoms with Crippen LogP contribution in [-0.4, -0.2) is 26.3 Å². The molecule has 0 spiro atoms. The van der Waals surface area contributed by atoms with Gasteiger partial charge < -0.3 is 20.5 Å². The predicted molar refractivity (Wildman–Crippen MR) is 63.9 cm³/mol. The third kappa shape index (κ3) is 2.58. The fourth-order valence-electron chi connectivity index (χ4n) is 1.88. The van der Waals surface area contributed by atoms with Gasteiger partial charge in [-0.25, -0.2) is 0 Å². The lowest BCUT2D eigenvalue weighted by molar-refractivity contribution is 0.166. The van der Waals surface area contributed by atoms with Gasteiger partial charge in [-0.2, -0.15) is 0 Å². The highest BCUT2D eigenvalue weighted by Crippen LogP contribution is 2.27. The van der Waals surface area contributed by atoms with Gasteiger partial charge in [0.1, 0.15) is 17.6 Å². The Hall–Kier alpha value is -1.42. The quantitative estimate of drug-likeness (QED) is 0.759. The number of hydrogen-bond acceptors (Lipinski definition) is 4. The molecular formula is C12H18N2O2. The Kier molecular flexibility index (Phi) is 3.51. The highest BCUT2D eigenvalue weighted by atomic mass is 16.5. The Bertz CT molecular complexity index is 349. The molecule has 1 aliphatic rings. The maximum absolute atomic E-state index is 5.85. The van der Waals surface area contributed by atoms with E-state index in [0.29, 0.717) is 11.4 Å². The molecule has 4 heteroatoms. The van der Waals surface area contributed by atoms with E-state index in [1.165, 1.54) is 0 Å². The number of methoxy groups -OCH3 is 1. The number of piperidine rings is 1. The highest BCUT2D eigenvalue weighted by Gasteiger charge is 2.14. The Morgan fingerprint density at radius 2 is 2.31 bits per heavy atom. The molecule has 1 unspecified atom stereocenters. The van der Waals surface area contributed by atoms with Gasteiger partial charge in [0.15, 0.2) is 0 Å². The monoisotopic (exact) mass is 222 g/mol. The molecule has 0 bridgehead atoms. The van der Waals surface area contributed by atoms with Crippen molar-refractivity contribution in [1.29, 1.82) is 0 Å². The number of anilines is 1. The van der Waals surface area contributed by atoms with Crippen LogP contribution in [0.15, 0.2) is 18.2 Å². The van der Waals surface area contributed by atoms with Crippen LogP contribution in [0.4, 0.5) is 5.69 Å². The van der Waals surface area contributed by atoms with Gasteiger partial charge in [0, 0.05) is 12.6 Å². The fraction of sp³-hybridized carbons (Fsp3) is 0.500. The van der Waals surface area contributed by atoms with E-state index < -0.39 is 0 Å². The molecule has 1 atom stereocenters. The second kappa shape index (κ2) is 5.07. The number of nitrogens with two attached hydrogens (primary N) is 1. The fourth-order valence-corrected chi connectivity index (χ4v) is 1.88. The molecule has 1 fully saturated rings. The zero-order valence-electron chi connectivity index (χ0n) is 9.53. The number of nitrogens with one attached hydrogen (secondary N) is 1. The van der Waals surface area contributed by atoms with Crippen molar-refractivity contribution in [3.8, 4) is 11.5 Å². The zero-order chi connectivity index (χ0) is 11.4. The Labute approximate surface area is 95.7 Å². The summed E-state index contributed by atoms with van der Waals surface area (Å²) < 4.78 is 11.0. The van der Waals surface area contributed by atoms with Gasteiger partial charge in [-0.3, -0.25) is 0 Å². The van der Waals surface area contributed by atoms with E-state index in [9.17, 15) is 0 Å². The summed E-state index contributed by atoms with van der Waals surface area (Å²) in [4.78, 5) is 0. The summed E-state index contributed by atoms with van der Waals surface area (Å²) in [7, 11) is 1.61. The first-order valence-corrected chi connectivity index (χ1v) is 5.60. The van der Waals surface area contributed by atoms with Crippen molar-refractivity contribution in [2.24, 2.45) is 0 Å². The Morgan fingerprint density at radius 3 is 3.00 bits per heavy atom. The summed E-state index contributed by atoms with van der Waals surface area (Å²) in [5.74, 6) is 1.49. The molecule has 1 aromatic rings. The predicted octanol–water partition coefficient (Wildman–Crippen LogP) is 1.41. The number of rotatable bonds is 3. The van der Waals surface area contributed by atoms with E-state index in [0.717, 1.165) is 31.7 Å². The second-order valence-corrected chi connectivity index (χ2v) is 3.99. The lowest BCUT2D eigenvalue weighted by Gasteiger charge is -2.24. The maximum atomic E-state index is 5.85. The summed E-state index contributed by atoms with van der Waals surface area (Å²) in [6, 6.07) is 5.53. The van der Waals surface area contributed by atoms with Gasteiger partial charge in [-0.1, -0.05) is 0 Å². The average molecular weight is 222 g/mol. The van der Waals surface area contributed by atoms with Gasteiger partial charge in [0.25, 0.3) is 0 Å². The molecule has 0 aromatic heterocycles. The molecule has 0 radical (unpaired) electrons. The van der Waals surface area contributed by atoms with Crippen LogP contribution in [0.1, 0.15) is 12.8 Å². The first-order chi connectivity index (χ1) is 7.79. The van der Waals surface area contributed by atoms with Crippen LogP contribution in [0.2, 0.25) is 0 Å². The number of benzene rings is 1. The molecule has 88 valence electrons. The molecular weight excluding hydrogens is 204 g/mol. The van der Waals surface area contributed by atoms with Gasteiger partial charge in [0.2, 0.25) is 0 Å². The summed E-state index contributed by atoms with van der Waals surface area (Å²) in [5, 5.41) is 3.31. The minimum Gasteiger partial charge on any atom is -0.494 e. The van der Waals surface area contributed by atoms with E-state index in [1.807, 2.05) is 18.2 Å². The number of hydrogen-bond donors (Lipinski definition) is 2. The van der Waals surface area contributed by atoms with Crippen LogP contribution in [0, 0.1) is 0 Å². The minimum atomic E-state index is 0.252. The molecule has 0 aliphatic carbocycles. The largest absolute Gasteiger partial charge is 0.494 e. The van der Waals surface area contributed by atoms with Crippen molar-refractivity contribution in [1.82, 2.24) is 5.32 Å². The van der Waals surface area contributed by atoms with Crippen molar-refractivity contribution in [3.63, 3.8) is 0 Å². The molecule has 4 nitrogen and oxygen atoms in total. The van der Waals surface area contributed by atoms with Crippen molar-refractivity contribution in [2.45, 2.75) is 18.9 Å².